The number of carbonyl (C=O) groups is 1. The van der Waals surface area contributed by atoms with Crippen LogP contribution in [0.2, 0.25) is 0 Å². The highest BCUT2D eigenvalue weighted by Gasteiger charge is 2.48. The highest BCUT2D eigenvalue weighted by atomic mass is 16.6. The number of rotatable bonds is 9. The third-order valence-electron chi connectivity index (χ3n) is 9.44. The summed E-state index contributed by atoms with van der Waals surface area (Å²) in [5.41, 5.74) is 5.35. The summed E-state index contributed by atoms with van der Waals surface area (Å²) in [5.74, 6) is 0.870. The molecule has 3 aliphatic rings. The number of hydrogen-bond acceptors (Lipinski definition) is 8. The van der Waals surface area contributed by atoms with Crippen LogP contribution in [-0.4, -0.2) is 67.5 Å². The van der Waals surface area contributed by atoms with Gasteiger partial charge in [-0.1, -0.05) is 38.0 Å². The molecule has 4 heterocycles. The predicted molar refractivity (Wildman–Crippen MR) is 159 cm³/mol. The minimum absolute atomic E-state index is 0.118. The predicted octanol–water partition coefficient (Wildman–Crippen LogP) is 5.00. The van der Waals surface area contributed by atoms with Crippen molar-refractivity contribution < 1.29 is 19.4 Å². The van der Waals surface area contributed by atoms with Gasteiger partial charge in [-0.15, -0.1) is 5.10 Å². The van der Waals surface area contributed by atoms with Crippen LogP contribution in [0.15, 0.2) is 35.6 Å². The van der Waals surface area contributed by atoms with Gasteiger partial charge in [0, 0.05) is 43.9 Å². The van der Waals surface area contributed by atoms with Crippen LogP contribution in [0.3, 0.4) is 0 Å². The summed E-state index contributed by atoms with van der Waals surface area (Å²) >= 11 is 0. The second kappa shape index (κ2) is 12.1. The molecular formula is C33H43N5O4. The Balaban J connectivity index is 1.20. The maximum absolute atomic E-state index is 13.5. The molecule has 1 N–H and O–H groups in total. The number of morpholine rings is 1. The fourth-order valence-electron chi connectivity index (χ4n) is 7.10. The second-order valence-corrected chi connectivity index (χ2v) is 12.3. The first-order chi connectivity index (χ1) is 20.3. The Morgan fingerprint density at radius 3 is 2.60 bits per heavy atom. The maximum atomic E-state index is 13.5. The normalized spacial score (nSPS) is 22.3. The van der Waals surface area contributed by atoms with E-state index < -0.39 is 11.6 Å². The SMILES string of the molecule is CCc1cc(CCC2(C3CCCC3)CC(O)=C(Cc3nc4nc(C)cc(C)n4n3)C(=O)O2)ccc1CN1CCOCC1. The Kier molecular flexibility index (Phi) is 8.32. The Bertz CT molecular complexity index is 1490. The van der Waals surface area contributed by atoms with Gasteiger partial charge < -0.3 is 14.6 Å². The van der Waals surface area contributed by atoms with Crippen molar-refractivity contribution in [3.8, 4) is 0 Å². The van der Waals surface area contributed by atoms with Crippen LogP contribution < -0.4 is 0 Å². The van der Waals surface area contributed by atoms with Crippen molar-refractivity contribution in [2.75, 3.05) is 26.3 Å². The number of nitrogens with zero attached hydrogens (tertiary/aromatic N) is 5. The molecular weight excluding hydrogens is 530 g/mol. The molecule has 1 unspecified atom stereocenters. The molecule has 0 bridgehead atoms. The van der Waals surface area contributed by atoms with Crippen molar-refractivity contribution in [2.24, 2.45) is 5.92 Å². The van der Waals surface area contributed by atoms with E-state index in [1.165, 1.54) is 16.7 Å². The molecule has 1 saturated carbocycles. The van der Waals surface area contributed by atoms with Gasteiger partial charge in [0.25, 0.3) is 5.78 Å². The van der Waals surface area contributed by atoms with Gasteiger partial charge in [0.15, 0.2) is 5.82 Å². The molecule has 1 aliphatic carbocycles. The van der Waals surface area contributed by atoms with Crippen LogP contribution in [0.4, 0.5) is 0 Å². The van der Waals surface area contributed by atoms with E-state index in [4.69, 9.17) is 9.47 Å². The highest BCUT2D eigenvalue weighted by Crippen LogP contribution is 2.46. The van der Waals surface area contributed by atoms with Crippen molar-refractivity contribution in [3.63, 3.8) is 0 Å². The van der Waals surface area contributed by atoms with Gasteiger partial charge in [-0.05, 0) is 74.6 Å². The Hall–Kier alpha value is -3.30. The first-order valence-corrected chi connectivity index (χ1v) is 15.6. The van der Waals surface area contributed by atoms with E-state index in [1.807, 2.05) is 19.9 Å². The summed E-state index contributed by atoms with van der Waals surface area (Å²) in [4.78, 5) is 25.0. The van der Waals surface area contributed by atoms with Crippen molar-refractivity contribution >= 4 is 11.7 Å². The molecule has 9 heteroatoms. The van der Waals surface area contributed by atoms with Crippen LogP contribution in [0, 0.1) is 19.8 Å². The molecule has 1 saturated heterocycles. The Morgan fingerprint density at radius 1 is 1.07 bits per heavy atom. The van der Waals surface area contributed by atoms with Gasteiger partial charge in [0.2, 0.25) is 0 Å². The van der Waals surface area contributed by atoms with E-state index in [2.05, 4.69) is 45.1 Å². The van der Waals surface area contributed by atoms with Crippen LogP contribution >= 0.6 is 0 Å². The van der Waals surface area contributed by atoms with E-state index in [0.717, 1.165) is 82.8 Å². The number of aryl methyl sites for hydroxylation is 4. The lowest BCUT2D eigenvalue weighted by Gasteiger charge is -2.41. The van der Waals surface area contributed by atoms with Crippen molar-refractivity contribution in [1.29, 1.82) is 0 Å². The van der Waals surface area contributed by atoms with Gasteiger partial charge >= 0.3 is 5.97 Å². The number of ether oxygens (including phenoxy) is 2. The zero-order chi connectivity index (χ0) is 29.3. The molecule has 2 aromatic heterocycles. The van der Waals surface area contributed by atoms with Crippen LogP contribution in [0.1, 0.15) is 79.4 Å². The number of aliphatic hydroxyl groups excluding tert-OH is 1. The zero-order valence-electron chi connectivity index (χ0n) is 25.2. The lowest BCUT2D eigenvalue weighted by Crippen LogP contribution is -2.46. The van der Waals surface area contributed by atoms with Gasteiger partial charge in [-0.2, -0.15) is 4.98 Å². The molecule has 2 aliphatic heterocycles. The van der Waals surface area contributed by atoms with Gasteiger partial charge in [-0.3, -0.25) is 4.90 Å². The largest absolute Gasteiger partial charge is 0.512 e. The van der Waals surface area contributed by atoms with Crippen molar-refractivity contribution in [1.82, 2.24) is 24.5 Å². The molecule has 0 spiro atoms. The lowest BCUT2D eigenvalue weighted by atomic mass is 9.76. The van der Waals surface area contributed by atoms with Crippen molar-refractivity contribution in [2.45, 2.75) is 90.7 Å². The van der Waals surface area contributed by atoms with Gasteiger partial charge in [0.1, 0.15) is 11.4 Å². The van der Waals surface area contributed by atoms with E-state index in [0.29, 0.717) is 24.4 Å². The molecule has 0 radical (unpaired) electrons. The molecule has 1 atom stereocenters. The number of benzene rings is 1. The molecule has 224 valence electrons. The monoisotopic (exact) mass is 573 g/mol. The fourth-order valence-corrected chi connectivity index (χ4v) is 7.10. The average Bonchev–Trinajstić information content (AvgIpc) is 3.66. The summed E-state index contributed by atoms with van der Waals surface area (Å²) in [6, 6.07) is 8.77. The number of esters is 1. The number of fused-ring (bicyclic) bond motifs is 1. The summed E-state index contributed by atoms with van der Waals surface area (Å²) < 4.78 is 13.6. The molecule has 2 fully saturated rings. The smallest absolute Gasteiger partial charge is 0.338 e. The number of aromatic nitrogens is 4. The Labute approximate surface area is 247 Å². The maximum Gasteiger partial charge on any atom is 0.338 e. The Morgan fingerprint density at radius 2 is 1.86 bits per heavy atom. The second-order valence-electron chi connectivity index (χ2n) is 12.3. The molecule has 6 rings (SSSR count). The van der Waals surface area contributed by atoms with Gasteiger partial charge in [-0.25, -0.2) is 14.3 Å². The minimum Gasteiger partial charge on any atom is -0.512 e. The number of aliphatic hydroxyl groups is 1. The summed E-state index contributed by atoms with van der Waals surface area (Å²) in [7, 11) is 0. The third-order valence-corrected chi connectivity index (χ3v) is 9.44. The lowest BCUT2D eigenvalue weighted by molar-refractivity contribution is -0.167. The quantitative estimate of drug-likeness (QED) is 0.357. The third kappa shape index (κ3) is 5.95. The first kappa shape index (κ1) is 28.8. The number of cyclic esters (lactones) is 1. The summed E-state index contributed by atoms with van der Waals surface area (Å²) in [6.45, 7) is 10.6. The molecule has 3 aromatic rings. The average molecular weight is 574 g/mol. The van der Waals surface area contributed by atoms with Gasteiger partial charge in [0.05, 0.1) is 18.8 Å². The number of hydrogen-bond donors (Lipinski definition) is 1. The van der Waals surface area contributed by atoms with E-state index >= 15 is 0 Å². The molecule has 42 heavy (non-hydrogen) atoms. The summed E-state index contributed by atoms with van der Waals surface area (Å²) in [6.07, 6.45) is 7.25. The molecule has 1 aromatic carbocycles. The standard InChI is InChI=1S/C33H43N5O4/c1-4-25-18-24(9-10-26(25)21-37-13-15-41-16-14-37)11-12-33(27-7-5-6-8-27)20-29(39)28(31(40)42-33)19-30-35-32-34-22(2)17-23(3)38(32)36-30/h9-10,17-18,27,39H,4-8,11-16,19-21H2,1-3H3. The minimum atomic E-state index is -0.693. The molecule has 9 nitrogen and oxygen atoms in total. The van der Waals surface area contributed by atoms with E-state index in [9.17, 15) is 9.90 Å². The number of carbonyl (C=O) groups excluding carboxylic acids is 1. The van der Waals surface area contributed by atoms with E-state index in [-0.39, 0.29) is 23.7 Å². The van der Waals surface area contributed by atoms with Crippen molar-refractivity contribution in [3.05, 3.63) is 69.5 Å². The van der Waals surface area contributed by atoms with Crippen LogP contribution in [-0.2, 0) is 40.1 Å². The fraction of sp³-hybridized carbons (Fsp3) is 0.576. The zero-order valence-corrected chi connectivity index (χ0v) is 25.2. The van der Waals surface area contributed by atoms with Crippen LogP contribution in [0.5, 0.6) is 0 Å². The summed E-state index contributed by atoms with van der Waals surface area (Å²) in [5, 5.41) is 15.9. The van der Waals surface area contributed by atoms with Crippen LogP contribution in [0.25, 0.3) is 5.78 Å². The first-order valence-electron chi connectivity index (χ1n) is 15.6. The van der Waals surface area contributed by atoms with E-state index in [1.54, 1.807) is 4.52 Å². The highest BCUT2D eigenvalue weighted by molar-refractivity contribution is 5.90. The topological polar surface area (TPSA) is 102 Å². The molecule has 0 amide bonds.